The van der Waals surface area contributed by atoms with Gasteiger partial charge in [0.25, 0.3) is 0 Å². The topological polar surface area (TPSA) is 55.8 Å². The summed E-state index contributed by atoms with van der Waals surface area (Å²) >= 11 is 0. The molecule has 0 bridgehead atoms. The third-order valence-corrected chi connectivity index (χ3v) is 2.77. The first kappa shape index (κ1) is 12.0. The van der Waals surface area contributed by atoms with E-state index in [0.29, 0.717) is 0 Å². The van der Waals surface area contributed by atoms with E-state index < -0.39 is 12.3 Å². The first-order valence-corrected chi connectivity index (χ1v) is 5.20. The molecule has 86 valence electrons. The van der Waals surface area contributed by atoms with Crippen molar-refractivity contribution in [3.05, 3.63) is 12.2 Å². The molecule has 1 N–H and O–H groups in total. The molecule has 1 rings (SSSR count). The number of hydrogen-bond acceptors (Lipinski definition) is 4. The van der Waals surface area contributed by atoms with Gasteiger partial charge in [-0.1, -0.05) is 26.0 Å². The number of ether oxygens (including phenoxy) is 2. The van der Waals surface area contributed by atoms with Gasteiger partial charge in [-0.15, -0.1) is 0 Å². The number of carbonyl (C=O) groups is 1. The summed E-state index contributed by atoms with van der Waals surface area (Å²) in [6.07, 6.45) is 2.33. The molecule has 0 amide bonds. The lowest BCUT2D eigenvalue weighted by Gasteiger charge is -2.25. The largest absolute Gasteiger partial charge is 0.508 e. The van der Waals surface area contributed by atoms with Gasteiger partial charge in [-0.3, -0.25) is 0 Å². The van der Waals surface area contributed by atoms with Crippen LogP contribution in [-0.2, 0) is 9.47 Å². The summed E-state index contributed by atoms with van der Waals surface area (Å²) in [6, 6.07) is 0. The highest BCUT2D eigenvalue weighted by Crippen LogP contribution is 2.23. The molecule has 4 nitrogen and oxygen atoms in total. The van der Waals surface area contributed by atoms with Crippen molar-refractivity contribution in [1.29, 1.82) is 0 Å². The Morgan fingerprint density at radius 2 is 2.20 bits per heavy atom. The Labute approximate surface area is 89.9 Å². The number of carbonyl (C=O) groups excluding carboxylic acids is 1. The lowest BCUT2D eigenvalue weighted by atomic mass is 9.89. The minimum absolute atomic E-state index is 0.0457. The molecule has 15 heavy (non-hydrogen) atoms. The number of allylic oxidation sites excluding steroid dienone is 1. The Hall–Kier alpha value is -1.03. The fraction of sp³-hybridized carbons (Fsp3) is 0.727. The third-order valence-electron chi connectivity index (χ3n) is 2.77. The minimum Gasteiger partial charge on any atom is -0.430 e. The predicted octanol–water partition coefficient (Wildman–Crippen LogP) is 1.73. The van der Waals surface area contributed by atoms with Crippen LogP contribution in [0.2, 0.25) is 0 Å². The zero-order valence-corrected chi connectivity index (χ0v) is 9.34. The van der Waals surface area contributed by atoms with Gasteiger partial charge in [0, 0.05) is 11.8 Å². The molecule has 0 radical (unpaired) electrons. The van der Waals surface area contributed by atoms with E-state index in [0.717, 1.165) is 0 Å². The summed E-state index contributed by atoms with van der Waals surface area (Å²) in [6.45, 7) is 5.93. The predicted molar refractivity (Wildman–Crippen MR) is 55.4 cm³/mol. The molecule has 0 aliphatic carbocycles. The second-order valence-corrected chi connectivity index (χ2v) is 3.95. The molecule has 1 fully saturated rings. The van der Waals surface area contributed by atoms with E-state index in [1.165, 1.54) is 0 Å². The molecule has 1 aliphatic rings. The van der Waals surface area contributed by atoms with Gasteiger partial charge >= 0.3 is 6.16 Å². The fourth-order valence-corrected chi connectivity index (χ4v) is 1.72. The number of rotatable bonds is 4. The van der Waals surface area contributed by atoms with Crippen molar-refractivity contribution in [2.75, 3.05) is 6.61 Å². The number of hydrogen-bond donors (Lipinski definition) is 1. The fourth-order valence-electron chi connectivity index (χ4n) is 1.72. The summed E-state index contributed by atoms with van der Waals surface area (Å²) in [5.41, 5.74) is 0. The molecule has 1 aliphatic heterocycles. The van der Waals surface area contributed by atoms with Gasteiger partial charge in [0.15, 0.2) is 0 Å². The molecule has 4 atom stereocenters. The van der Waals surface area contributed by atoms with Crippen LogP contribution in [-0.4, -0.2) is 30.1 Å². The highest BCUT2D eigenvalue weighted by molar-refractivity contribution is 5.61. The Bertz CT molecular complexity index is 249. The van der Waals surface area contributed by atoms with Crippen molar-refractivity contribution in [2.45, 2.75) is 33.0 Å². The van der Waals surface area contributed by atoms with Crippen molar-refractivity contribution in [3.63, 3.8) is 0 Å². The normalized spacial score (nSPS) is 27.2. The SMILES string of the molecule is C/C=C\[C@H](C)[C@H](O)[C@H](C)[C@H]1COC(=O)O1. The number of aliphatic hydroxyl groups excluding tert-OH is 1. The van der Waals surface area contributed by atoms with Crippen LogP contribution in [0.4, 0.5) is 4.79 Å². The molecule has 1 saturated heterocycles. The third kappa shape index (κ3) is 2.96. The summed E-state index contributed by atoms with van der Waals surface area (Å²) in [5, 5.41) is 9.97. The average molecular weight is 214 g/mol. The average Bonchev–Trinajstić information content (AvgIpc) is 2.63. The van der Waals surface area contributed by atoms with Crippen LogP contribution in [0.1, 0.15) is 20.8 Å². The smallest absolute Gasteiger partial charge is 0.430 e. The van der Waals surface area contributed by atoms with Gasteiger partial charge in [0.1, 0.15) is 12.7 Å². The maximum absolute atomic E-state index is 10.7. The van der Waals surface area contributed by atoms with Crippen LogP contribution >= 0.6 is 0 Å². The zero-order valence-electron chi connectivity index (χ0n) is 9.34. The van der Waals surface area contributed by atoms with E-state index in [-0.39, 0.29) is 24.5 Å². The molecule has 0 aromatic carbocycles. The molecular formula is C11H18O4. The second kappa shape index (κ2) is 5.16. The quantitative estimate of drug-likeness (QED) is 0.572. The van der Waals surface area contributed by atoms with Gasteiger partial charge in [-0.2, -0.15) is 0 Å². The molecule has 0 unspecified atom stereocenters. The number of cyclic esters (lactones) is 2. The van der Waals surface area contributed by atoms with Crippen molar-refractivity contribution in [2.24, 2.45) is 11.8 Å². The zero-order chi connectivity index (χ0) is 11.4. The lowest BCUT2D eigenvalue weighted by Crippen LogP contribution is -2.34. The van der Waals surface area contributed by atoms with Crippen LogP contribution in [0.25, 0.3) is 0 Å². The van der Waals surface area contributed by atoms with Crippen LogP contribution in [0, 0.1) is 11.8 Å². The van der Waals surface area contributed by atoms with Crippen LogP contribution in [0.3, 0.4) is 0 Å². The highest BCUT2D eigenvalue weighted by atomic mass is 16.8. The molecule has 0 aromatic heterocycles. The van der Waals surface area contributed by atoms with E-state index in [1.807, 2.05) is 32.9 Å². The van der Waals surface area contributed by atoms with Gasteiger partial charge in [-0.05, 0) is 6.92 Å². The van der Waals surface area contributed by atoms with Crippen molar-refractivity contribution < 1.29 is 19.4 Å². The summed E-state index contributed by atoms with van der Waals surface area (Å²) < 4.78 is 9.61. The van der Waals surface area contributed by atoms with Gasteiger partial charge in [-0.25, -0.2) is 4.79 Å². The lowest BCUT2D eigenvalue weighted by molar-refractivity contribution is 0.0145. The molecule has 0 saturated carbocycles. The van der Waals surface area contributed by atoms with E-state index in [9.17, 15) is 9.90 Å². The molecule has 4 heteroatoms. The summed E-state index contributed by atoms with van der Waals surface area (Å²) in [7, 11) is 0. The van der Waals surface area contributed by atoms with Gasteiger partial charge in [0.05, 0.1) is 6.10 Å². The first-order valence-electron chi connectivity index (χ1n) is 5.20. The molecule has 1 heterocycles. The van der Waals surface area contributed by atoms with Crippen LogP contribution in [0.5, 0.6) is 0 Å². The van der Waals surface area contributed by atoms with Crippen molar-refractivity contribution in [3.8, 4) is 0 Å². The summed E-state index contributed by atoms with van der Waals surface area (Å²) in [4.78, 5) is 10.7. The standard InChI is InChI=1S/C11H18O4/c1-4-5-7(2)10(12)8(3)9-6-14-11(13)15-9/h4-5,7-10,12H,6H2,1-3H3/b5-4-/t7-,8+,9+,10-/m0/s1. The maximum atomic E-state index is 10.7. The maximum Gasteiger partial charge on any atom is 0.508 e. The Morgan fingerprint density at radius 3 is 2.67 bits per heavy atom. The van der Waals surface area contributed by atoms with Crippen LogP contribution < -0.4 is 0 Å². The van der Waals surface area contributed by atoms with E-state index in [1.54, 1.807) is 0 Å². The van der Waals surface area contributed by atoms with E-state index in [2.05, 4.69) is 4.74 Å². The Morgan fingerprint density at radius 1 is 1.53 bits per heavy atom. The minimum atomic E-state index is -0.641. The van der Waals surface area contributed by atoms with Gasteiger partial charge < -0.3 is 14.6 Å². The highest BCUT2D eigenvalue weighted by Gasteiger charge is 2.35. The van der Waals surface area contributed by atoms with Crippen molar-refractivity contribution in [1.82, 2.24) is 0 Å². The Kier molecular flexibility index (Phi) is 4.15. The van der Waals surface area contributed by atoms with E-state index >= 15 is 0 Å². The Balaban J connectivity index is 2.52. The van der Waals surface area contributed by atoms with Crippen molar-refractivity contribution >= 4 is 6.16 Å². The molecule has 0 aromatic rings. The monoisotopic (exact) mass is 214 g/mol. The van der Waals surface area contributed by atoms with Crippen LogP contribution in [0.15, 0.2) is 12.2 Å². The summed E-state index contributed by atoms with van der Waals surface area (Å²) in [5.74, 6) is -0.0769. The second-order valence-electron chi connectivity index (χ2n) is 3.95. The molecule has 0 spiro atoms. The van der Waals surface area contributed by atoms with E-state index in [4.69, 9.17) is 4.74 Å². The van der Waals surface area contributed by atoms with Gasteiger partial charge in [0.2, 0.25) is 0 Å². The number of aliphatic hydroxyl groups is 1. The molecular weight excluding hydrogens is 196 g/mol. The first-order chi connectivity index (χ1) is 7.06.